The van der Waals surface area contributed by atoms with Crippen molar-refractivity contribution < 1.29 is 0 Å². The molecule has 0 N–H and O–H groups in total. The van der Waals surface area contributed by atoms with E-state index < -0.39 is 0 Å². The molecule has 59 heavy (non-hydrogen) atoms. The number of rotatable bonds is 4. The van der Waals surface area contributed by atoms with Crippen LogP contribution in [-0.4, -0.2) is 6.71 Å². The van der Waals surface area contributed by atoms with Crippen molar-refractivity contribution in [1.29, 1.82) is 0 Å². The average Bonchev–Trinajstić information content (AvgIpc) is 3.42. The number of hydrogen-bond donors (Lipinski definition) is 0. The van der Waals surface area contributed by atoms with Crippen LogP contribution in [0.3, 0.4) is 0 Å². The molecule has 3 aliphatic heterocycles. The molecule has 12 rings (SSSR count). The molecule has 0 amide bonds. The normalized spacial score (nSPS) is 15.4. The van der Waals surface area contributed by atoms with Crippen LogP contribution in [0.4, 0.5) is 34.1 Å². The highest BCUT2D eigenvalue weighted by molar-refractivity contribution is 6.99. The van der Waals surface area contributed by atoms with E-state index in [2.05, 4.69) is 226 Å². The third-order valence-electron chi connectivity index (χ3n) is 13.8. The zero-order chi connectivity index (χ0) is 39.6. The van der Waals surface area contributed by atoms with E-state index >= 15 is 0 Å². The molecule has 0 spiro atoms. The van der Waals surface area contributed by atoms with E-state index in [1.165, 1.54) is 89.1 Å². The first kappa shape index (κ1) is 34.2. The lowest BCUT2D eigenvalue weighted by atomic mass is 9.33. The second kappa shape index (κ2) is 12.3. The van der Waals surface area contributed by atoms with Gasteiger partial charge in [0.25, 0.3) is 0 Å². The van der Waals surface area contributed by atoms with Gasteiger partial charge >= 0.3 is 0 Å². The second-order valence-corrected chi connectivity index (χ2v) is 17.7. The van der Waals surface area contributed by atoms with Crippen LogP contribution in [0.15, 0.2) is 182 Å². The Balaban J connectivity index is 1.14. The SMILES string of the molecule is CC1(C)c2ccccc2C2=Cc3cc(-c4ccc(N(c5ccccc5)c5ccccc5)cc4)cc4c3B(c3cccc1c32)c1cccc2c1N4c1ccccc1C2(C)C. The van der Waals surface area contributed by atoms with Crippen molar-refractivity contribution in [2.24, 2.45) is 0 Å². The summed E-state index contributed by atoms with van der Waals surface area (Å²) in [5.41, 5.74) is 24.4. The summed E-state index contributed by atoms with van der Waals surface area (Å²) in [5.74, 6) is 0. The van der Waals surface area contributed by atoms with Crippen molar-refractivity contribution in [2.75, 3.05) is 9.80 Å². The van der Waals surface area contributed by atoms with Crippen LogP contribution < -0.4 is 26.2 Å². The van der Waals surface area contributed by atoms with Gasteiger partial charge < -0.3 is 9.80 Å². The first-order chi connectivity index (χ1) is 28.8. The monoisotopic (exact) mass is 754 g/mol. The van der Waals surface area contributed by atoms with Crippen molar-refractivity contribution in [2.45, 2.75) is 38.5 Å². The molecule has 1 aliphatic carbocycles. The summed E-state index contributed by atoms with van der Waals surface area (Å²) in [6.45, 7) is 9.70. The van der Waals surface area contributed by atoms with Crippen molar-refractivity contribution in [3.8, 4) is 11.1 Å². The molecular formula is C56H43BN2. The average molecular weight is 755 g/mol. The fraction of sp³-hybridized carbons (Fsp3) is 0.107. The maximum absolute atomic E-state index is 2.62. The fourth-order valence-corrected chi connectivity index (χ4v) is 11.1. The Morgan fingerprint density at radius 1 is 0.458 bits per heavy atom. The molecule has 3 heteroatoms. The van der Waals surface area contributed by atoms with Gasteiger partial charge in [-0.05, 0) is 127 Å². The van der Waals surface area contributed by atoms with Crippen molar-refractivity contribution in [3.05, 3.63) is 221 Å². The maximum atomic E-state index is 2.62. The Labute approximate surface area is 347 Å². The van der Waals surface area contributed by atoms with E-state index in [-0.39, 0.29) is 17.5 Å². The molecule has 3 heterocycles. The predicted octanol–water partition coefficient (Wildman–Crippen LogP) is 12.3. The van der Waals surface area contributed by atoms with Gasteiger partial charge in [0.2, 0.25) is 6.71 Å². The topological polar surface area (TPSA) is 6.48 Å². The number of fused-ring (bicyclic) bond motifs is 7. The fourth-order valence-electron chi connectivity index (χ4n) is 11.1. The molecular weight excluding hydrogens is 711 g/mol. The van der Waals surface area contributed by atoms with Gasteiger partial charge in [0, 0.05) is 39.3 Å². The summed E-state index contributed by atoms with van der Waals surface area (Å²) in [7, 11) is 0. The van der Waals surface area contributed by atoms with Gasteiger partial charge in [-0.1, -0.05) is 161 Å². The Bertz CT molecular complexity index is 3010. The van der Waals surface area contributed by atoms with Gasteiger partial charge in [-0.25, -0.2) is 0 Å². The molecule has 2 nitrogen and oxygen atoms in total. The van der Waals surface area contributed by atoms with Crippen LogP contribution >= 0.6 is 0 Å². The Kier molecular flexibility index (Phi) is 7.16. The first-order valence-electron chi connectivity index (χ1n) is 21.0. The molecule has 0 fully saturated rings. The molecule has 0 aromatic heterocycles. The van der Waals surface area contributed by atoms with Crippen LogP contribution in [-0.2, 0) is 10.8 Å². The number of benzene rings is 8. The van der Waals surface area contributed by atoms with Gasteiger partial charge in [-0.2, -0.15) is 0 Å². The molecule has 0 atom stereocenters. The van der Waals surface area contributed by atoms with E-state index in [0.717, 1.165) is 17.1 Å². The molecule has 0 radical (unpaired) electrons. The lowest BCUT2D eigenvalue weighted by Crippen LogP contribution is -2.60. The van der Waals surface area contributed by atoms with Gasteiger partial charge in [-0.3, -0.25) is 0 Å². The molecule has 8 aromatic rings. The van der Waals surface area contributed by atoms with Crippen LogP contribution in [0.1, 0.15) is 66.6 Å². The highest BCUT2D eigenvalue weighted by Gasteiger charge is 2.48. The Morgan fingerprint density at radius 3 is 1.76 bits per heavy atom. The lowest BCUT2D eigenvalue weighted by Gasteiger charge is -2.47. The second-order valence-electron chi connectivity index (χ2n) is 17.7. The Hall–Kier alpha value is -6.84. The van der Waals surface area contributed by atoms with Crippen LogP contribution in [0.25, 0.3) is 22.8 Å². The van der Waals surface area contributed by atoms with E-state index in [1.54, 1.807) is 0 Å². The van der Waals surface area contributed by atoms with Gasteiger partial charge in [0.1, 0.15) is 0 Å². The van der Waals surface area contributed by atoms with E-state index in [1.807, 2.05) is 0 Å². The zero-order valence-electron chi connectivity index (χ0n) is 33.9. The lowest BCUT2D eigenvalue weighted by molar-refractivity contribution is 0.631. The van der Waals surface area contributed by atoms with Gasteiger partial charge in [0.05, 0.1) is 5.69 Å². The smallest absolute Gasteiger partial charge is 0.248 e. The first-order valence-corrected chi connectivity index (χ1v) is 21.0. The maximum Gasteiger partial charge on any atom is 0.248 e. The minimum absolute atomic E-state index is 0.0683. The summed E-state index contributed by atoms with van der Waals surface area (Å²) in [6, 6.07) is 67.9. The van der Waals surface area contributed by atoms with Crippen LogP contribution in [0.2, 0.25) is 0 Å². The highest BCUT2D eigenvalue weighted by atomic mass is 15.2. The molecule has 0 unspecified atom stereocenters. The molecule has 0 saturated carbocycles. The van der Waals surface area contributed by atoms with E-state index in [4.69, 9.17) is 0 Å². The van der Waals surface area contributed by atoms with Crippen molar-refractivity contribution in [3.63, 3.8) is 0 Å². The number of anilines is 6. The summed E-state index contributed by atoms with van der Waals surface area (Å²) in [5, 5.41) is 0. The van der Waals surface area contributed by atoms with Crippen molar-refractivity contribution >= 4 is 68.9 Å². The van der Waals surface area contributed by atoms with Crippen LogP contribution in [0, 0.1) is 0 Å². The highest BCUT2D eigenvalue weighted by Crippen LogP contribution is 2.54. The molecule has 0 saturated heterocycles. The minimum Gasteiger partial charge on any atom is -0.311 e. The van der Waals surface area contributed by atoms with Gasteiger partial charge in [0.15, 0.2) is 0 Å². The Morgan fingerprint density at radius 2 is 1.03 bits per heavy atom. The standard InChI is InChI=1S/C56H43BN2/c1-55(2)44-22-12-11-21-42(44)43-34-38-33-37(36-29-31-41(32-30-36)58(39-17-7-5-8-18-39)40-19-9-6-10-20-40)35-51-53(38)57(48-26-15-24-46(55)52(43)48)49-27-16-25-47-54(49)59(51)50-28-14-13-23-45(50)56(47,3)4/h5-35H,1-4H3. The number of para-hydroxylation sites is 4. The summed E-state index contributed by atoms with van der Waals surface area (Å²) < 4.78 is 0. The third-order valence-corrected chi connectivity index (χ3v) is 13.8. The minimum atomic E-state index is -0.166. The van der Waals surface area contributed by atoms with E-state index in [0.29, 0.717) is 0 Å². The predicted molar refractivity (Wildman–Crippen MR) is 250 cm³/mol. The largest absolute Gasteiger partial charge is 0.311 e. The molecule has 8 aromatic carbocycles. The summed E-state index contributed by atoms with van der Waals surface area (Å²) >= 11 is 0. The molecule has 0 bridgehead atoms. The summed E-state index contributed by atoms with van der Waals surface area (Å²) in [6.07, 6.45) is 2.54. The zero-order valence-corrected chi connectivity index (χ0v) is 33.9. The summed E-state index contributed by atoms with van der Waals surface area (Å²) in [4.78, 5) is 4.95. The quantitative estimate of drug-likeness (QED) is 0.165. The number of nitrogens with zero attached hydrogens (tertiary/aromatic N) is 2. The van der Waals surface area contributed by atoms with Crippen molar-refractivity contribution in [1.82, 2.24) is 0 Å². The van der Waals surface area contributed by atoms with Gasteiger partial charge in [-0.15, -0.1) is 0 Å². The van der Waals surface area contributed by atoms with E-state index in [9.17, 15) is 0 Å². The third kappa shape index (κ3) is 4.76. The number of hydrogen-bond acceptors (Lipinski definition) is 2. The van der Waals surface area contributed by atoms with Crippen LogP contribution in [0.5, 0.6) is 0 Å². The molecule has 4 aliphatic rings. The molecule has 280 valence electrons.